The fourth-order valence-electron chi connectivity index (χ4n) is 0.881. The zero-order valence-electron chi connectivity index (χ0n) is 7.47. The van der Waals surface area contributed by atoms with Gasteiger partial charge in [0.05, 0.1) is 6.54 Å². The van der Waals surface area contributed by atoms with Crippen molar-refractivity contribution < 1.29 is 19.5 Å². The van der Waals surface area contributed by atoms with Crippen LogP contribution in [0.1, 0.15) is 19.3 Å². The smallest absolute Gasteiger partial charge is 0.329 e. The number of rotatable bonds is 7. The number of hydrogen-bond donors (Lipinski definition) is 1. The molecule has 0 heterocycles. The number of carbonyl (C=O) groups is 1. The molecule has 14 heavy (non-hydrogen) atoms. The van der Waals surface area contributed by atoms with E-state index < -0.39 is 12.0 Å². The molecule has 0 unspecified atom stereocenters. The molecule has 0 aromatic rings. The maximum absolute atomic E-state index is 10.5. The van der Waals surface area contributed by atoms with E-state index in [0.717, 1.165) is 0 Å². The summed E-state index contributed by atoms with van der Waals surface area (Å²) in [6.45, 7) is 0.320. The van der Waals surface area contributed by atoms with Crippen molar-refractivity contribution in [2.45, 2.75) is 25.3 Å². The van der Waals surface area contributed by atoms with Gasteiger partial charge in [-0.25, -0.2) is 19.4 Å². The average molecular weight is 198 g/mol. The summed E-state index contributed by atoms with van der Waals surface area (Å²) in [6, 6.07) is -1.03. The third-order valence-corrected chi connectivity index (χ3v) is 1.56. The second kappa shape index (κ2) is 7.86. The molecule has 0 aromatic heterocycles. The fraction of sp³-hybridized carbons (Fsp3) is 0.625. The molecule has 0 rings (SSSR count). The van der Waals surface area contributed by atoms with E-state index in [1.165, 1.54) is 12.2 Å². The minimum absolute atomic E-state index is 0.249. The summed E-state index contributed by atoms with van der Waals surface area (Å²) in [5.41, 5.74) is 0. The Balaban J connectivity index is 3.77. The van der Waals surface area contributed by atoms with Crippen molar-refractivity contribution in [3.8, 4) is 0 Å². The Bertz CT molecular complexity index is 275. The molecule has 1 atom stereocenters. The number of isocyanates is 2. The normalized spacial score (nSPS) is 10.9. The van der Waals surface area contributed by atoms with Gasteiger partial charge in [-0.15, -0.1) is 0 Å². The predicted octanol–water partition coefficient (Wildman–Crippen LogP) is 0.282. The summed E-state index contributed by atoms with van der Waals surface area (Å²) < 4.78 is 0. The molecule has 6 nitrogen and oxygen atoms in total. The molecule has 6 heteroatoms. The van der Waals surface area contributed by atoms with E-state index in [0.29, 0.717) is 19.4 Å². The van der Waals surface area contributed by atoms with E-state index in [1.54, 1.807) is 0 Å². The number of hydrogen-bond acceptors (Lipinski definition) is 5. The number of unbranched alkanes of at least 4 members (excludes halogenated alkanes) is 1. The Kier molecular flexibility index (Phi) is 6.86. The molecule has 1 N–H and O–H groups in total. The third-order valence-electron chi connectivity index (χ3n) is 1.56. The van der Waals surface area contributed by atoms with Gasteiger partial charge in [-0.2, -0.15) is 4.99 Å². The molecule has 0 bridgehead atoms. The second-order valence-electron chi connectivity index (χ2n) is 2.54. The zero-order chi connectivity index (χ0) is 10.8. The lowest BCUT2D eigenvalue weighted by Gasteiger charge is -2.02. The van der Waals surface area contributed by atoms with Crippen LogP contribution >= 0.6 is 0 Å². The van der Waals surface area contributed by atoms with Gasteiger partial charge in [0, 0.05) is 0 Å². The van der Waals surface area contributed by atoms with Crippen molar-refractivity contribution >= 4 is 18.1 Å². The molecule has 0 amide bonds. The highest BCUT2D eigenvalue weighted by Crippen LogP contribution is 2.04. The highest BCUT2D eigenvalue weighted by Gasteiger charge is 2.14. The molecular weight excluding hydrogens is 188 g/mol. The van der Waals surface area contributed by atoms with Crippen LogP contribution in [0, 0.1) is 0 Å². The first-order valence-corrected chi connectivity index (χ1v) is 4.05. The van der Waals surface area contributed by atoms with Gasteiger partial charge in [-0.05, 0) is 19.3 Å². The van der Waals surface area contributed by atoms with Crippen LogP contribution in [0.4, 0.5) is 0 Å². The van der Waals surface area contributed by atoms with Crippen molar-refractivity contribution in [2.24, 2.45) is 9.98 Å². The standard InChI is InChI=1S/C8H10N2O4/c11-5-9-4-2-1-3-7(8(13)14)10-6-12/h7H,1-4H2,(H,13,14)/t7-/m0/s1. The van der Waals surface area contributed by atoms with E-state index in [-0.39, 0.29) is 6.42 Å². The molecule has 0 spiro atoms. The van der Waals surface area contributed by atoms with Crippen LogP contribution in [-0.2, 0) is 14.4 Å². The van der Waals surface area contributed by atoms with E-state index in [9.17, 15) is 14.4 Å². The summed E-state index contributed by atoms with van der Waals surface area (Å²) in [7, 11) is 0. The molecule has 0 aromatic carbocycles. The number of aliphatic carboxylic acids is 1. The molecule has 0 radical (unpaired) electrons. The van der Waals surface area contributed by atoms with Gasteiger partial charge in [0.1, 0.15) is 0 Å². The van der Waals surface area contributed by atoms with Crippen molar-refractivity contribution in [3.63, 3.8) is 0 Å². The maximum atomic E-state index is 10.5. The molecule has 0 fully saturated rings. The number of carboxylic acids is 1. The first-order chi connectivity index (χ1) is 6.72. The SMILES string of the molecule is O=C=NCCCC[C@H](N=C=O)C(=O)O. The Labute approximate surface area is 80.4 Å². The first-order valence-electron chi connectivity index (χ1n) is 4.05. The number of nitrogens with zero attached hydrogens (tertiary/aromatic N) is 2. The van der Waals surface area contributed by atoms with Crippen LogP contribution in [0.3, 0.4) is 0 Å². The fourth-order valence-corrected chi connectivity index (χ4v) is 0.881. The molecule has 0 aliphatic carbocycles. The Morgan fingerprint density at radius 1 is 1.29 bits per heavy atom. The third kappa shape index (κ3) is 5.83. The first kappa shape index (κ1) is 12.2. The monoisotopic (exact) mass is 198 g/mol. The largest absolute Gasteiger partial charge is 0.480 e. The van der Waals surface area contributed by atoms with Crippen LogP contribution in [0.25, 0.3) is 0 Å². The Hall–Kier alpha value is -1.77. The van der Waals surface area contributed by atoms with Crippen molar-refractivity contribution in [1.29, 1.82) is 0 Å². The van der Waals surface area contributed by atoms with Gasteiger partial charge in [-0.1, -0.05) is 0 Å². The molecular formula is C8H10N2O4. The van der Waals surface area contributed by atoms with E-state index >= 15 is 0 Å². The summed E-state index contributed by atoms with van der Waals surface area (Å²) in [6.07, 6.45) is 3.95. The Morgan fingerprint density at radius 3 is 2.50 bits per heavy atom. The molecule has 76 valence electrons. The minimum atomic E-state index is -1.15. The van der Waals surface area contributed by atoms with Crippen LogP contribution < -0.4 is 0 Å². The summed E-state index contributed by atoms with van der Waals surface area (Å²) in [5.74, 6) is -1.15. The van der Waals surface area contributed by atoms with Gasteiger partial charge < -0.3 is 5.11 Å². The average Bonchev–Trinajstić information content (AvgIpc) is 2.15. The van der Waals surface area contributed by atoms with Gasteiger partial charge in [0.15, 0.2) is 6.04 Å². The predicted molar refractivity (Wildman–Crippen MR) is 46.4 cm³/mol. The Morgan fingerprint density at radius 2 is 2.00 bits per heavy atom. The van der Waals surface area contributed by atoms with E-state index in [4.69, 9.17) is 5.11 Å². The lowest BCUT2D eigenvalue weighted by Crippen LogP contribution is -2.17. The number of carbonyl (C=O) groups excluding carboxylic acids is 2. The van der Waals surface area contributed by atoms with Crippen molar-refractivity contribution in [3.05, 3.63) is 0 Å². The van der Waals surface area contributed by atoms with Crippen molar-refractivity contribution in [2.75, 3.05) is 6.54 Å². The minimum Gasteiger partial charge on any atom is -0.480 e. The maximum Gasteiger partial charge on any atom is 0.329 e. The van der Waals surface area contributed by atoms with Crippen molar-refractivity contribution in [1.82, 2.24) is 0 Å². The zero-order valence-corrected chi connectivity index (χ0v) is 7.47. The highest BCUT2D eigenvalue weighted by molar-refractivity contribution is 5.74. The van der Waals surface area contributed by atoms with Gasteiger partial charge in [-0.3, -0.25) is 0 Å². The molecule has 0 saturated carbocycles. The van der Waals surface area contributed by atoms with Gasteiger partial charge >= 0.3 is 5.97 Å². The highest BCUT2D eigenvalue weighted by atomic mass is 16.4. The number of aliphatic imine (C=N–C) groups is 2. The summed E-state index contributed by atoms with van der Waals surface area (Å²) in [4.78, 5) is 36.4. The lowest BCUT2D eigenvalue weighted by atomic mass is 10.1. The van der Waals surface area contributed by atoms with Crippen LogP contribution in [0.15, 0.2) is 9.98 Å². The number of carboxylic acid groups (broad SMARTS) is 1. The van der Waals surface area contributed by atoms with Crippen LogP contribution in [0.5, 0.6) is 0 Å². The second-order valence-corrected chi connectivity index (χ2v) is 2.54. The molecule has 0 aliphatic rings. The quantitative estimate of drug-likeness (QED) is 0.361. The van der Waals surface area contributed by atoms with E-state index in [2.05, 4.69) is 9.98 Å². The summed E-state index contributed by atoms with van der Waals surface area (Å²) in [5, 5.41) is 8.55. The van der Waals surface area contributed by atoms with Gasteiger partial charge in [0.2, 0.25) is 12.2 Å². The van der Waals surface area contributed by atoms with E-state index in [1.807, 2.05) is 0 Å². The van der Waals surface area contributed by atoms with Gasteiger partial charge in [0.25, 0.3) is 0 Å². The summed E-state index contributed by atoms with van der Waals surface area (Å²) >= 11 is 0. The molecule has 0 aliphatic heterocycles. The van der Waals surface area contributed by atoms with Crippen LogP contribution in [0.2, 0.25) is 0 Å². The topological polar surface area (TPSA) is 96.2 Å². The lowest BCUT2D eigenvalue weighted by molar-refractivity contribution is -0.138. The van der Waals surface area contributed by atoms with Crippen LogP contribution in [-0.4, -0.2) is 35.8 Å². The molecule has 0 saturated heterocycles.